The van der Waals surface area contributed by atoms with Crippen molar-refractivity contribution in [1.29, 1.82) is 0 Å². The summed E-state index contributed by atoms with van der Waals surface area (Å²) in [7, 11) is 3.99. The number of halogens is 1. The first-order valence-electron chi connectivity index (χ1n) is 5.56. The number of hydrogen-bond donors (Lipinski definition) is 1. The molecule has 2 aromatic heterocycles. The first kappa shape index (κ1) is 12.8. The van der Waals surface area contributed by atoms with Gasteiger partial charge in [0.2, 0.25) is 0 Å². The highest BCUT2D eigenvalue weighted by Crippen LogP contribution is 2.35. The van der Waals surface area contributed by atoms with Crippen molar-refractivity contribution in [2.75, 3.05) is 13.6 Å². The molecule has 0 unspecified atom stereocenters. The molecule has 0 bridgehead atoms. The van der Waals surface area contributed by atoms with Crippen LogP contribution >= 0.6 is 27.3 Å². The maximum Gasteiger partial charge on any atom is 0.0705 e. The van der Waals surface area contributed by atoms with Crippen LogP contribution in [0.25, 0.3) is 10.4 Å². The van der Waals surface area contributed by atoms with E-state index in [0.717, 1.165) is 22.4 Å². The number of thiophene rings is 1. The number of nitrogens with one attached hydrogen (secondary N) is 1. The number of likely N-dealkylation sites (N-methyl/N-ethyl adjacent to an activating group) is 1. The monoisotopic (exact) mass is 313 g/mol. The molecule has 0 saturated carbocycles. The number of hydrogen-bond acceptors (Lipinski definition) is 3. The third kappa shape index (κ3) is 2.61. The molecule has 92 valence electrons. The van der Waals surface area contributed by atoms with Gasteiger partial charge in [0.25, 0.3) is 0 Å². The van der Waals surface area contributed by atoms with Crippen LogP contribution in [-0.2, 0) is 13.5 Å². The minimum absolute atomic E-state index is 0.971. The van der Waals surface area contributed by atoms with Gasteiger partial charge in [-0.05, 0) is 42.0 Å². The Morgan fingerprint density at radius 1 is 1.47 bits per heavy atom. The Morgan fingerprint density at radius 3 is 2.82 bits per heavy atom. The second-order valence-electron chi connectivity index (χ2n) is 3.99. The van der Waals surface area contributed by atoms with Gasteiger partial charge in [-0.3, -0.25) is 4.68 Å². The molecule has 0 radical (unpaired) electrons. The number of aromatic nitrogens is 2. The van der Waals surface area contributed by atoms with Crippen LogP contribution in [0, 0.1) is 6.92 Å². The summed E-state index contributed by atoms with van der Waals surface area (Å²) < 4.78 is 3.16. The molecule has 0 amide bonds. The lowest BCUT2D eigenvalue weighted by Gasteiger charge is -2.04. The standard InChI is InChI=1S/C12H16BrN3S/c1-8-12(10-4-5-11(13)17-10)9(6-7-14-2)16(3)15-8/h4-5,14H,6-7H2,1-3H3. The van der Waals surface area contributed by atoms with Crippen LogP contribution in [0.3, 0.4) is 0 Å². The second kappa shape index (κ2) is 5.33. The molecule has 0 atom stereocenters. The van der Waals surface area contributed by atoms with Crippen molar-refractivity contribution in [3.05, 3.63) is 27.3 Å². The van der Waals surface area contributed by atoms with E-state index in [2.05, 4.69) is 45.4 Å². The Labute approximate surface area is 114 Å². The highest BCUT2D eigenvalue weighted by Gasteiger charge is 2.15. The van der Waals surface area contributed by atoms with Gasteiger partial charge >= 0.3 is 0 Å². The van der Waals surface area contributed by atoms with Gasteiger partial charge in [-0.1, -0.05) is 0 Å². The van der Waals surface area contributed by atoms with Gasteiger partial charge in [0, 0.05) is 36.1 Å². The van der Waals surface area contributed by atoms with Crippen molar-refractivity contribution in [2.24, 2.45) is 7.05 Å². The maximum absolute atomic E-state index is 4.53. The molecule has 2 rings (SSSR count). The lowest BCUT2D eigenvalue weighted by molar-refractivity contribution is 0.678. The molecule has 0 fully saturated rings. The fourth-order valence-electron chi connectivity index (χ4n) is 2.01. The first-order valence-corrected chi connectivity index (χ1v) is 7.17. The average molecular weight is 314 g/mol. The molecule has 0 saturated heterocycles. The Kier molecular flexibility index (Phi) is 4.01. The molecule has 0 aliphatic heterocycles. The number of aryl methyl sites for hydroxylation is 2. The van der Waals surface area contributed by atoms with E-state index in [1.165, 1.54) is 16.1 Å². The van der Waals surface area contributed by atoms with E-state index in [1.54, 1.807) is 11.3 Å². The van der Waals surface area contributed by atoms with Crippen LogP contribution in [0.1, 0.15) is 11.4 Å². The highest BCUT2D eigenvalue weighted by atomic mass is 79.9. The Hall–Kier alpha value is -0.650. The van der Waals surface area contributed by atoms with Gasteiger partial charge in [0.05, 0.1) is 9.48 Å². The van der Waals surface area contributed by atoms with Gasteiger partial charge in [-0.15, -0.1) is 11.3 Å². The van der Waals surface area contributed by atoms with E-state index in [9.17, 15) is 0 Å². The van der Waals surface area contributed by atoms with Crippen molar-refractivity contribution in [3.63, 3.8) is 0 Å². The summed E-state index contributed by atoms with van der Waals surface area (Å²) in [4.78, 5) is 1.29. The molecule has 0 aliphatic rings. The average Bonchev–Trinajstić information content (AvgIpc) is 2.80. The second-order valence-corrected chi connectivity index (χ2v) is 6.45. The van der Waals surface area contributed by atoms with E-state index in [-0.39, 0.29) is 0 Å². The zero-order chi connectivity index (χ0) is 12.4. The van der Waals surface area contributed by atoms with Crippen LogP contribution in [0.15, 0.2) is 15.9 Å². The molecule has 3 nitrogen and oxygen atoms in total. The van der Waals surface area contributed by atoms with Crippen molar-refractivity contribution in [2.45, 2.75) is 13.3 Å². The summed E-state index contributed by atoms with van der Waals surface area (Å²) in [5.74, 6) is 0. The predicted molar refractivity (Wildman–Crippen MR) is 76.6 cm³/mol. The maximum atomic E-state index is 4.53. The van der Waals surface area contributed by atoms with Crippen LogP contribution in [0.2, 0.25) is 0 Å². The van der Waals surface area contributed by atoms with Gasteiger partial charge in [0.1, 0.15) is 0 Å². The molecule has 2 aromatic rings. The van der Waals surface area contributed by atoms with Crippen LogP contribution in [0.5, 0.6) is 0 Å². The fraction of sp³-hybridized carbons (Fsp3) is 0.417. The molecular formula is C12H16BrN3S. The SMILES string of the molecule is CNCCc1c(-c2ccc(Br)s2)c(C)nn1C. The largest absolute Gasteiger partial charge is 0.319 e. The lowest BCUT2D eigenvalue weighted by Crippen LogP contribution is -2.13. The molecule has 17 heavy (non-hydrogen) atoms. The third-order valence-corrected chi connectivity index (χ3v) is 4.41. The van der Waals surface area contributed by atoms with E-state index >= 15 is 0 Å². The quantitative estimate of drug-likeness (QED) is 0.940. The van der Waals surface area contributed by atoms with E-state index < -0.39 is 0 Å². The topological polar surface area (TPSA) is 29.9 Å². The van der Waals surface area contributed by atoms with Crippen LogP contribution in [-0.4, -0.2) is 23.4 Å². The van der Waals surface area contributed by atoms with Gasteiger partial charge < -0.3 is 5.32 Å². The van der Waals surface area contributed by atoms with Crippen molar-refractivity contribution in [3.8, 4) is 10.4 Å². The summed E-state index contributed by atoms with van der Waals surface area (Å²) in [5, 5.41) is 7.72. The molecule has 0 spiro atoms. The Balaban J connectivity index is 2.44. The van der Waals surface area contributed by atoms with E-state index in [0.29, 0.717) is 0 Å². The zero-order valence-corrected chi connectivity index (χ0v) is 12.7. The molecule has 5 heteroatoms. The highest BCUT2D eigenvalue weighted by molar-refractivity contribution is 9.11. The van der Waals surface area contributed by atoms with Crippen LogP contribution < -0.4 is 5.32 Å². The molecular weight excluding hydrogens is 298 g/mol. The smallest absolute Gasteiger partial charge is 0.0705 e. The summed E-state index contributed by atoms with van der Waals surface area (Å²) in [6.07, 6.45) is 0.999. The van der Waals surface area contributed by atoms with Crippen molar-refractivity contribution < 1.29 is 0 Å². The minimum atomic E-state index is 0.971. The van der Waals surface area contributed by atoms with Crippen LogP contribution in [0.4, 0.5) is 0 Å². The summed E-state index contributed by atoms with van der Waals surface area (Å²) in [6, 6.07) is 4.25. The fourth-order valence-corrected chi connectivity index (χ4v) is 3.51. The normalized spacial score (nSPS) is 11.1. The molecule has 0 aromatic carbocycles. The zero-order valence-electron chi connectivity index (χ0n) is 10.2. The molecule has 1 N–H and O–H groups in total. The summed E-state index contributed by atoms with van der Waals surface area (Å²) in [6.45, 7) is 3.05. The van der Waals surface area contributed by atoms with E-state index in [4.69, 9.17) is 0 Å². The first-order chi connectivity index (χ1) is 8.13. The Bertz CT molecular complexity index is 516. The van der Waals surface area contributed by atoms with Gasteiger partial charge in [-0.2, -0.15) is 5.10 Å². The van der Waals surface area contributed by atoms with E-state index in [1.807, 2.05) is 18.8 Å². The lowest BCUT2D eigenvalue weighted by atomic mass is 10.1. The third-order valence-electron chi connectivity index (χ3n) is 2.77. The minimum Gasteiger partial charge on any atom is -0.319 e. The summed E-state index contributed by atoms with van der Waals surface area (Å²) in [5.41, 5.74) is 3.69. The number of nitrogens with zero attached hydrogens (tertiary/aromatic N) is 2. The van der Waals surface area contributed by atoms with Gasteiger partial charge in [-0.25, -0.2) is 0 Å². The van der Waals surface area contributed by atoms with Crippen molar-refractivity contribution >= 4 is 27.3 Å². The summed E-state index contributed by atoms with van der Waals surface area (Å²) >= 11 is 5.28. The number of rotatable bonds is 4. The molecule has 2 heterocycles. The molecule has 0 aliphatic carbocycles. The predicted octanol–water partition coefficient (Wildman–Crippen LogP) is 2.98. The van der Waals surface area contributed by atoms with Crippen molar-refractivity contribution in [1.82, 2.24) is 15.1 Å². The van der Waals surface area contributed by atoms with Gasteiger partial charge in [0.15, 0.2) is 0 Å². The Morgan fingerprint density at radius 2 is 2.24 bits per heavy atom.